The topological polar surface area (TPSA) is 49.6 Å². The number of hydrogen-bond acceptors (Lipinski definition) is 3. The van der Waals surface area contributed by atoms with Crippen molar-refractivity contribution < 1.29 is 4.79 Å². The molecule has 4 heteroatoms. The first-order chi connectivity index (χ1) is 11.9. The fraction of sp³-hybridized carbons (Fsp3) is 0.667. The summed E-state index contributed by atoms with van der Waals surface area (Å²) >= 11 is 0. The summed E-state index contributed by atoms with van der Waals surface area (Å²) in [5, 5.41) is 0. The first-order valence-electron chi connectivity index (χ1n) is 9.74. The van der Waals surface area contributed by atoms with Gasteiger partial charge in [-0.15, -0.1) is 0 Å². The van der Waals surface area contributed by atoms with Crippen LogP contribution in [0.15, 0.2) is 30.3 Å². The molecule has 0 saturated carbocycles. The number of nitrogens with two attached hydrogens (primary N) is 1. The molecule has 0 unspecified atom stereocenters. The molecule has 1 heterocycles. The van der Waals surface area contributed by atoms with Crippen molar-refractivity contribution in [2.75, 3.05) is 13.1 Å². The molecule has 0 aromatic heterocycles. The van der Waals surface area contributed by atoms with Crippen LogP contribution in [0.3, 0.4) is 0 Å². The number of likely N-dealkylation sites (tertiary alicyclic amines) is 1. The van der Waals surface area contributed by atoms with E-state index in [2.05, 4.69) is 54.0 Å². The molecule has 1 saturated heterocycles. The number of nitrogens with zero attached hydrogens (tertiary/aromatic N) is 2. The predicted molar refractivity (Wildman–Crippen MR) is 104 cm³/mol. The summed E-state index contributed by atoms with van der Waals surface area (Å²) in [6.45, 7) is 11.2. The van der Waals surface area contributed by atoms with E-state index < -0.39 is 0 Å². The highest BCUT2D eigenvalue weighted by Gasteiger charge is 2.32. The average Bonchev–Trinajstić information content (AvgIpc) is 2.61. The largest absolute Gasteiger partial charge is 0.337 e. The van der Waals surface area contributed by atoms with E-state index in [-0.39, 0.29) is 23.9 Å². The highest BCUT2D eigenvalue weighted by Crippen LogP contribution is 2.22. The van der Waals surface area contributed by atoms with Crippen molar-refractivity contribution in [1.29, 1.82) is 0 Å². The first-order valence-corrected chi connectivity index (χ1v) is 9.74. The summed E-state index contributed by atoms with van der Waals surface area (Å²) in [6.07, 6.45) is 3.37. The second-order valence-corrected chi connectivity index (χ2v) is 7.96. The molecule has 1 amide bonds. The van der Waals surface area contributed by atoms with Crippen LogP contribution < -0.4 is 5.73 Å². The molecular weight excluding hydrogens is 310 g/mol. The molecule has 0 aliphatic carbocycles. The number of carbonyl (C=O) groups is 1. The lowest BCUT2D eigenvalue weighted by atomic mass is 9.97. The zero-order valence-corrected chi connectivity index (χ0v) is 16.3. The molecule has 1 aromatic rings. The Morgan fingerprint density at radius 3 is 2.48 bits per heavy atom. The molecule has 0 radical (unpaired) electrons. The van der Waals surface area contributed by atoms with Crippen LogP contribution in [0.5, 0.6) is 0 Å². The Bertz CT molecular complexity index is 529. The summed E-state index contributed by atoms with van der Waals surface area (Å²) in [6, 6.07) is 10.9. The number of piperidine rings is 1. The Morgan fingerprint density at radius 1 is 1.20 bits per heavy atom. The van der Waals surface area contributed by atoms with Gasteiger partial charge in [-0.2, -0.15) is 0 Å². The molecule has 1 aliphatic heterocycles. The SMILES string of the molecule is CC(C)[C@H](N)C(=O)N1CCCC[C@H]1CN(Cc1ccccc1)C(C)C. The van der Waals surface area contributed by atoms with Gasteiger partial charge >= 0.3 is 0 Å². The summed E-state index contributed by atoms with van der Waals surface area (Å²) in [4.78, 5) is 17.4. The van der Waals surface area contributed by atoms with Crippen molar-refractivity contribution >= 4 is 5.91 Å². The Morgan fingerprint density at radius 2 is 1.88 bits per heavy atom. The Labute approximate surface area is 153 Å². The van der Waals surface area contributed by atoms with Gasteiger partial charge in [-0.05, 0) is 44.6 Å². The van der Waals surface area contributed by atoms with Crippen molar-refractivity contribution in [3.05, 3.63) is 35.9 Å². The third-order valence-corrected chi connectivity index (χ3v) is 5.32. The molecule has 1 aromatic carbocycles. The highest BCUT2D eigenvalue weighted by molar-refractivity contribution is 5.82. The van der Waals surface area contributed by atoms with E-state index in [1.165, 1.54) is 12.0 Å². The monoisotopic (exact) mass is 345 g/mol. The lowest BCUT2D eigenvalue weighted by Gasteiger charge is -2.41. The summed E-state index contributed by atoms with van der Waals surface area (Å²) < 4.78 is 0. The van der Waals surface area contributed by atoms with Crippen molar-refractivity contribution in [1.82, 2.24) is 9.80 Å². The van der Waals surface area contributed by atoms with E-state index in [1.54, 1.807) is 0 Å². The average molecular weight is 346 g/mol. The van der Waals surface area contributed by atoms with Gasteiger partial charge in [0.15, 0.2) is 0 Å². The second-order valence-electron chi connectivity index (χ2n) is 7.96. The van der Waals surface area contributed by atoms with Crippen LogP contribution >= 0.6 is 0 Å². The maximum atomic E-state index is 12.8. The van der Waals surface area contributed by atoms with Crippen LogP contribution in [0, 0.1) is 5.92 Å². The van der Waals surface area contributed by atoms with Crippen LogP contribution in [-0.2, 0) is 11.3 Å². The minimum Gasteiger partial charge on any atom is -0.337 e. The van der Waals surface area contributed by atoms with Gasteiger partial charge in [0, 0.05) is 31.7 Å². The summed E-state index contributed by atoms with van der Waals surface area (Å²) in [7, 11) is 0. The van der Waals surface area contributed by atoms with E-state index in [9.17, 15) is 4.79 Å². The molecule has 1 fully saturated rings. The molecule has 0 bridgehead atoms. The fourth-order valence-corrected chi connectivity index (χ4v) is 3.50. The zero-order chi connectivity index (χ0) is 18.4. The number of carbonyl (C=O) groups excluding carboxylic acids is 1. The molecule has 140 valence electrons. The minimum atomic E-state index is -0.387. The second kappa shape index (κ2) is 9.35. The standard InChI is InChI=1S/C21H35N3O/c1-16(2)20(22)21(25)24-13-9-8-12-19(24)15-23(17(3)4)14-18-10-6-5-7-11-18/h5-7,10-11,16-17,19-20H,8-9,12-15,22H2,1-4H3/t19-,20-/m0/s1. The van der Waals surface area contributed by atoms with Crippen LogP contribution in [0.1, 0.15) is 52.5 Å². The van der Waals surface area contributed by atoms with Crippen molar-refractivity contribution in [2.45, 2.75) is 71.6 Å². The number of hydrogen-bond donors (Lipinski definition) is 1. The third-order valence-electron chi connectivity index (χ3n) is 5.32. The first kappa shape index (κ1) is 19.9. The smallest absolute Gasteiger partial charge is 0.240 e. The van der Waals surface area contributed by atoms with Gasteiger partial charge in [0.1, 0.15) is 0 Å². The molecule has 2 N–H and O–H groups in total. The lowest BCUT2D eigenvalue weighted by Crippen LogP contribution is -2.55. The van der Waals surface area contributed by atoms with E-state index in [0.717, 1.165) is 32.5 Å². The molecular formula is C21H35N3O. The van der Waals surface area contributed by atoms with Crippen LogP contribution in [0.25, 0.3) is 0 Å². The van der Waals surface area contributed by atoms with Crippen LogP contribution in [0.2, 0.25) is 0 Å². The summed E-state index contributed by atoms with van der Waals surface area (Å²) in [5.74, 6) is 0.309. The minimum absolute atomic E-state index is 0.128. The van der Waals surface area contributed by atoms with Gasteiger partial charge in [-0.25, -0.2) is 0 Å². The maximum Gasteiger partial charge on any atom is 0.240 e. The number of rotatable bonds is 7. The van der Waals surface area contributed by atoms with Gasteiger partial charge in [0.25, 0.3) is 0 Å². The molecule has 2 rings (SSSR count). The Balaban J connectivity index is 2.08. The van der Waals surface area contributed by atoms with Crippen molar-refractivity contribution in [3.63, 3.8) is 0 Å². The summed E-state index contributed by atoms with van der Waals surface area (Å²) in [5.41, 5.74) is 7.49. The van der Waals surface area contributed by atoms with Crippen LogP contribution in [-0.4, -0.2) is 46.9 Å². The molecule has 25 heavy (non-hydrogen) atoms. The van der Waals surface area contributed by atoms with Gasteiger partial charge in [0.2, 0.25) is 5.91 Å². The third kappa shape index (κ3) is 5.55. The van der Waals surface area contributed by atoms with E-state index in [1.807, 2.05) is 13.8 Å². The Hall–Kier alpha value is -1.39. The normalized spacial score (nSPS) is 19.7. The van der Waals surface area contributed by atoms with Gasteiger partial charge in [0.05, 0.1) is 6.04 Å². The van der Waals surface area contributed by atoms with Gasteiger partial charge in [-0.1, -0.05) is 44.2 Å². The number of benzene rings is 1. The van der Waals surface area contributed by atoms with Crippen molar-refractivity contribution in [2.24, 2.45) is 11.7 Å². The highest BCUT2D eigenvalue weighted by atomic mass is 16.2. The molecule has 4 nitrogen and oxygen atoms in total. The van der Waals surface area contributed by atoms with E-state index >= 15 is 0 Å². The van der Waals surface area contributed by atoms with Gasteiger partial charge < -0.3 is 10.6 Å². The Kier molecular flexibility index (Phi) is 7.45. The van der Waals surface area contributed by atoms with E-state index in [0.29, 0.717) is 6.04 Å². The molecule has 2 atom stereocenters. The van der Waals surface area contributed by atoms with Crippen molar-refractivity contribution in [3.8, 4) is 0 Å². The lowest BCUT2D eigenvalue weighted by molar-refractivity contribution is -0.138. The quantitative estimate of drug-likeness (QED) is 0.825. The zero-order valence-electron chi connectivity index (χ0n) is 16.3. The van der Waals surface area contributed by atoms with Crippen LogP contribution in [0.4, 0.5) is 0 Å². The maximum absolute atomic E-state index is 12.8. The fourth-order valence-electron chi connectivity index (χ4n) is 3.50. The predicted octanol–water partition coefficient (Wildman–Crippen LogP) is 3.26. The van der Waals surface area contributed by atoms with Gasteiger partial charge in [-0.3, -0.25) is 9.69 Å². The molecule has 0 spiro atoms. The number of amides is 1. The molecule has 1 aliphatic rings. The van der Waals surface area contributed by atoms with E-state index in [4.69, 9.17) is 5.73 Å².